The third-order valence-corrected chi connectivity index (χ3v) is 6.05. The van der Waals surface area contributed by atoms with Crippen LogP contribution in [0.5, 0.6) is 0 Å². The number of hydrogen-bond donors (Lipinski definition) is 2. The van der Waals surface area contributed by atoms with Crippen molar-refractivity contribution < 1.29 is 19.7 Å². The quantitative estimate of drug-likeness (QED) is 0.810. The number of carbonyl (C=O) groups excluding carboxylic acids is 1. The van der Waals surface area contributed by atoms with Crippen LogP contribution in [0, 0.1) is 6.92 Å². The minimum Gasteiger partial charge on any atom is -0.530 e. The first kappa shape index (κ1) is 18.5. The van der Waals surface area contributed by atoms with E-state index in [1.807, 2.05) is 6.92 Å². The van der Waals surface area contributed by atoms with Crippen LogP contribution in [0.15, 0.2) is 5.38 Å². The molecule has 2 rings (SSSR count). The third kappa shape index (κ3) is 3.98. The molecular weight excluding hydrogens is 311 g/mol. The first-order chi connectivity index (χ1) is 10.6. The number of aliphatic hydroxyl groups is 2. The Bertz CT molecular complexity index is 553. The molecule has 1 aliphatic rings. The van der Waals surface area contributed by atoms with Crippen molar-refractivity contribution in [1.29, 1.82) is 0 Å². The summed E-state index contributed by atoms with van der Waals surface area (Å²) in [6.45, 7) is 6.07. The smallest absolute Gasteiger partial charge is 0.423 e. The molecule has 0 spiro atoms. The molecule has 4 nitrogen and oxygen atoms in total. The Kier molecular flexibility index (Phi) is 5.59. The topological polar surface area (TPSA) is 66.8 Å². The van der Waals surface area contributed by atoms with Gasteiger partial charge in [-0.3, -0.25) is 4.79 Å². The van der Waals surface area contributed by atoms with Crippen molar-refractivity contribution in [2.24, 2.45) is 0 Å². The van der Waals surface area contributed by atoms with Crippen molar-refractivity contribution in [2.45, 2.75) is 76.9 Å². The van der Waals surface area contributed by atoms with Crippen molar-refractivity contribution in [1.82, 2.24) is 0 Å². The molecule has 1 aromatic rings. The van der Waals surface area contributed by atoms with Gasteiger partial charge in [0, 0.05) is 4.78 Å². The van der Waals surface area contributed by atoms with E-state index in [1.165, 1.54) is 65.9 Å². The van der Waals surface area contributed by atoms with Gasteiger partial charge in [0.25, 0.3) is 0 Å². The fourth-order valence-corrected chi connectivity index (χ4v) is 3.87. The van der Waals surface area contributed by atoms with Gasteiger partial charge >= 0.3 is 13.5 Å². The summed E-state index contributed by atoms with van der Waals surface area (Å²) in [5.74, 6) is -0.241. The van der Waals surface area contributed by atoms with Gasteiger partial charge < -0.3 is 14.9 Å². The highest BCUT2D eigenvalue weighted by atomic mass is 32.1. The molecule has 0 amide bonds. The summed E-state index contributed by atoms with van der Waals surface area (Å²) < 4.78 is 6.03. The van der Waals surface area contributed by atoms with E-state index in [0.29, 0.717) is 5.92 Å². The molecule has 0 saturated heterocycles. The van der Waals surface area contributed by atoms with E-state index in [1.54, 1.807) is 11.3 Å². The molecule has 1 aromatic heterocycles. The minimum atomic E-state index is -1.96. The average molecular weight is 337 g/mol. The van der Waals surface area contributed by atoms with Gasteiger partial charge in [-0.25, -0.2) is 0 Å². The second kappa shape index (κ2) is 6.95. The highest BCUT2D eigenvalue weighted by Crippen LogP contribution is 2.35. The number of hydrogen-bond acceptors (Lipinski definition) is 5. The van der Waals surface area contributed by atoms with Crippen LogP contribution < -0.4 is 4.78 Å². The zero-order valence-electron chi connectivity index (χ0n) is 14.4. The van der Waals surface area contributed by atoms with E-state index in [2.05, 4.69) is 5.38 Å². The Morgan fingerprint density at radius 1 is 1.26 bits per heavy atom. The van der Waals surface area contributed by atoms with Gasteiger partial charge in [-0.1, -0.05) is 19.3 Å². The monoisotopic (exact) mass is 337 g/mol. The van der Waals surface area contributed by atoms with Gasteiger partial charge in [-0.2, -0.15) is 11.3 Å². The van der Waals surface area contributed by atoms with Crippen LogP contribution in [0.4, 0.5) is 0 Å². The van der Waals surface area contributed by atoms with Gasteiger partial charge in [0.1, 0.15) is 0 Å². The number of rotatable bonds is 5. The third-order valence-electron chi connectivity index (χ3n) is 5.02. The van der Waals surface area contributed by atoms with Crippen LogP contribution >= 0.6 is 11.3 Å². The summed E-state index contributed by atoms with van der Waals surface area (Å²) in [5.41, 5.74) is -1.03. The first-order valence-corrected chi connectivity index (χ1v) is 9.09. The normalized spacial score (nSPS) is 19.2. The lowest BCUT2D eigenvalue weighted by molar-refractivity contribution is -0.178. The summed E-state index contributed by atoms with van der Waals surface area (Å²) in [6.07, 6.45) is 6.33. The highest BCUT2D eigenvalue weighted by Gasteiger charge is 2.46. The number of thiophene rings is 1. The number of carbonyl (C=O) groups is 1. The Balaban J connectivity index is 2.02. The molecule has 23 heavy (non-hydrogen) atoms. The van der Waals surface area contributed by atoms with E-state index in [0.717, 1.165) is 10.3 Å². The lowest BCUT2D eigenvalue weighted by Crippen LogP contribution is -2.55. The lowest BCUT2D eigenvalue weighted by atomic mass is 9.81. The van der Waals surface area contributed by atoms with Gasteiger partial charge in [0.2, 0.25) is 0 Å². The van der Waals surface area contributed by atoms with Gasteiger partial charge in [0.15, 0.2) is 5.60 Å². The fraction of sp³-hybridized carbons (Fsp3) is 0.706. The molecule has 1 saturated carbocycles. The van der Waals surface area contributed by atoms with E-state index in [9.17, 15) is 15.0 Å². The lowest BCUT2D eigenvalue weighted by Gasteiger charge is -2.33. The summed E-state index contributed by atoms with van der Waals surface area (Å²) in [5, 5.41) is 22.2. The molecule has 1 atom stereocenters. The van der Waals surface area contributed by atoms with E-state index < -0.39 is 17.2 Å². The van der Waals surface area contributed by atoms with Gasteiger partial charge in [-0.15, -0.1) is 0 Å². The molecule has 1 heterocycles. The SMILES string of the molecule is Cc1c(C2CCCCC2)csc1[B]OC(=O)C(C)(O)C(C)(C)O. The molecule has 0 aliphatic heterocycles. The van der Waals surface area contributed by atoms with Crippen LogP contribution in [0.1, 0.15) is 69.9 Å². The van der Waals surface area contributed by atoms with Crippen LogP contribution in [-0.4, -0.2) is 34.9 Å². The maximum atomic E-state index is 12.0. The van der Waals surface area contributed by atoms with Crippen LogP contribution in [0.2, 0.25) is 0 Å². The molecule has 0 bridgehead atoms. The highest BCUT2D eigenvalue weighted by molar-refractivity contribution is 7.19. The van der Waals surface area contributed by atoms with Crippen molar-refractivity contribution in [2.75, 3.05) is 0 Å². The molecule has 1 radical (unpaired) electrons. The minimum absolute atomic E-state index is 0.609. The van der Waals surface area contributed by atoms with Crippen LogP contribution in [0.25, 0.3) is 0 Å². The molecular formula is C17H26BO4S. The predicted octanol–water partition coefficient (Wildman–Crippen LogP) is 2.41. The van der Waals surface area contributed by atoms with Crippen molar-refractivity contribution in [3.63, 3.8) is 0 Å². The largest absolute Gasteiger partial charge is 0.530 e. The molecule has 1 unspecified atom stereocenters. The van der Waals surface area contributed by atoms with Crippen molar-refractivity contribution in [3.05, 3.63) is 16.5 Å². The van der Waals surface area contributed by atoms with Gasteiger partial charge in [-0.05, 0) is 63.0 Å². The fourth-order valence-electron chi connectivity index (χ4n) is 2.85. The van der Waals surface area contributed by atoms with E-state index in [4.69, 9.17) is 4.65 Å². The van der Waals surface area contributed by atoms with Crippen molar-refractivity contribution in [3.8, 4) is 0 Å². The van der Waals surface area contributed by atoms with Crippen molar-refractivity contribution >= 4 is 29.6 Å². The van der Waals surface area contributed by atoms with Crippen LogP contribution in [-0.2, 0) is 9.45 Å². The molecule has 2 N–H and O–H groups in total. The maximum Gasteiger partial charge on any atom is 0.423 e. The van der Waals surface area contributed by atoms with Crippen LogP contribution in [0.3, 0.4) is 0 Å². The average Bonchev–Trinajstić information content (AvgIpc) is 2.85. The zero-order valence-corrected chi connectivity index (χ0v) is 15.2. The second-order valence-corrected chi connectivity index (χ2v) is 8.08. The zero-order chi connectivity index (χ0) is 17.3. The Morgan fingerprint density at radius 2 is 1.87 bits per heavy atom. The van der Waals surface area contributed by atoms with Gasteiger partial charge in [0.05, 0.1) is 5.60 Å². The summed E-state index contributed by atoms with van der Waals surface area (Å²) in [7, 11) is 1.40. The van der Waals surface area contributed by atoms with E-state index >= 15 is 0 Å². The first-order valence-electron chi connectivity index (χ1n) is 8.21. The molecule has 127 valence electrons. The molecule has 0 aromatic carbocycles. The molecule has 6 heteroatoms. The Morgan fingerprint density at radius 3 is 2.43 bits per heavy atom. The predicted molar refractivity (Wildman–Crippen MR) is 93.3 cm³/mol. The summed E-state index contributed by atoms with van der Waals surface area (Å²) >= 11 is 1.55. The van der Waals surface area contributed by atoms with E-state index in [-0.39, 0.29) is 0 Å². The Labute approximate surface area is 143 Å². The molecule has 1 fully saturated rings. The maximum absolute atomic E-state index is 12.0. The summed E-state index contributed by atoms with van der Waals surface area (Å²) in [4.78, 5) is 12.0. The Hall–Kier alpha value is -0.845. The summed E-state index contributed by atoms with van der Waals surface area (Å²) in [6, 6.07) is 0. The molecule has 1 aliphatic carbocycles. The standard InChI is InChI=1S/C17H26BO4S/c1-11-13(12-8-6-5-7-9-12)10-23-14(11)18-22-15(19)17(4,21)16(2,3)20/h10,12,20-21H,5-9H2,1-4H3. The second-order valence-electron chi connectivity index (χ2n) is 7.17.